The highest BCUT2D eigenvalue weighted by atomic mass is 32.1. The first-order chi connectivity index (χ1) is 25.4. The highest BCUT2D eigenvalue weighted by Crippen LogP contribution is 2.53. The number of ether oxygens (including phenoxy) is 2. The van der Waals surface area contributed by atoms with Gasteiger partial charge in [-0.25, -0.2) is 4.57 Å². The fourth-order valence-corrected chi connectivity index (χ4v) is 6.31. The van der Waals surface area contributed by atoms with Crippen LogP contribution < -0.4 is 19.9 Å². The summed E-state index contributed by atoms with van der Waals surface area (Å²) in [4.78, 5) is 13.2. The van der Waals surface area contributed by atoms with Crippen LogP contribution in [-0.2, 0) is 56.0 Å². The van der Waals surface area contributed by atoms with Crippen molar-refractivity contribution >= 4 is 31.1 Å². The third-order valence-corrected chi connectivity index (χ3v) is 9.14. The van der Waals surface area contributed by atoms with E-state index in [4.69, 9.17) is 35.3 Å². The van der Waals surface area contributed by atoms with Crippen molar-refractivity contribution in [1.29, 1.82) is 0 Å². The molecule has 1 amide bonds. The van der Waals surface area contributed by atoms with Crippen molar-refractivity contribution in [3.8, 4) is 11.5 Å². The first-order valence-corrected chi connectivity index (χ1v) is 18.6. The number of hydrogen-bond acceptors (Lipinski definition) is 9. The number of nitrogens with one attached hydrogen (secondary N) is 2. The molecule has 0 aliphatic rings. The number of aliphatic hydroxyl groups is 1. The van der Waals surface area contributed by atoms with E-state index in [1.165, 1.54) is 0 Å². The summed E-state index contributed by atoms with van der Waals surface area (Å²) in [5.74, 6) is -0.00867. The molecule has 0 bridgehead atoms. The quantitative estimate of drug-likeness (QED) is 0.0587. The summed E-state index contributed by atoms with van der Waals surface area (Å²) in [7, 11) is -4.23. The van der Waals surface area contributed by atoms with Gasteiger partial charge in [0.15, 0.2) is 11.5 Å². The van der Waals surface area contributed by atoms with Crippen molar-refractivity contribution in [2.75, 3.05) is 13.2 Å². The second kappa shape index (κ2) is 20.1. The van der Waals surface area contributed by atoms with Crippen molar-refractivity contribution in [3.05, 3.63) is 167 Å². The predicted molar refractivity (Wildman–Crippen MR) is 202 cm³/mol. The van der Waals surface area contributed by atoms with Gasteiger partial charge in [-0.3, -0.25) is 13.8 Å². The van der Waals surface area contributed by atoms with Gasteiger partial charge in [0.1, 0.15) is 19.3 Å². The van der Waals surface area contributed by atoms with E-state index in [9.17, 15) is 14.5 Å². The van der Waals surface area contributed by atoms with E-state index in [-0.39, 0.29) is 68.6 Å². The molecule has 10 nitrogen and oxygen atoms in total. The number of carbonyl (C=O) groups excluding carboxylic acids is 1. The summed E-state index contributed by atoms with van der Waals surface area (Å²) in [6.45, 7) is 0.196. The Labute approximate surface area is 309 Å². The Bertz CT molecular complexity index is 1840. The number of amides is 1. The molecular formula is C40H41N2O8PS. The van der Waals surface area contributed by atoms with Crippen molar-refractivity contribution in [2.24, 2.45) is 0 Å². The van der Waals surface area contributed by atoms with Crippen LogP contribution in [0.1, 0.15) is 27.8 Å². The van der Waals surface area contributed by atoms with Crippen LogP contribution in [0.3, 0.4) is 0 Å². The van der Waals surface area contributed by atoms with Crippen LogP contribution >= 0.6 is 20.0 Å². The smallest absolute Gasteiger partial charge is 0.485 e. The molecule has 1 unspecified atom stereocenters. The maximum atomic E-state index is 14.3. The molecule has 0 fully saturated rings. The summed E-state index contributed by atoms with van der Waals surface area (Å²) < 4.78 is 44.1. The van der Waals surface area contributed by atoms with Crippen LogP contribution in [0.15, 0.2) is 140 Å². The number of aliphatic hydroxyl groups excluding tert-OH is 1. The second-order valence-corrected chi connectivity index (χ2v) is 13.6. The van der Waals surface area contributed by atoms with E-state index in [2.05, 4.69) is 10.6 Å². The molecule has 5 aromatic rings. The molecule has 0 heterocycles. The van der Waals surface area contributed by atoms with Gasteiger partial charge in [0.2, 0.25) is 5.91 Å². The first-order valence-electron chi connectivity index (χ1n) is 16.7. The molecule has 0 aliphatic heterocycles. The van der Waals surface area contributed by atoms with Gasteiger partial charge in [-0.1, -0.05) is 127 Å². The maximum absolute atomic E-state index is 14.3. The Balaban J connectivity index is 1.39. The van der Waals surface area contributed by atoms with Crippen molar-refractivity contribution in [1.82, 2.24) is 10.6 Å². The summed E-state index contributed by atoms with van der Waals surface area (Å²) >= 11 is 5.43. The Kier molecular flexibility index (Phi) is 14.8. The number of thiocarbonyl (C=S) groups is 1. The number of phosphoric ester groups is 1. The van der Waals surface area contributed by atoms with Gasteiger partial charge in [-0.05, 0) is 52.2 Å². The molecule has 0 radical (unpaired) electrons. The van der Waals surface area contributed by atoms with Gasteiger partial charge in [-0.15, -0.1) is 0 Å². The lowest BCUT2D eigenvalue weighted by molar-refractivity contribution is -0.123. The van der Waals surface area contributed by atoms with Crippen LogP contribution in [0.2, 0.25) is 0 Å². The summed E-state index contributed by atoms with van der Waals surface area (Å²) in [6.07, 6.45) is 0.154. The second-order valence-electron chi connectivity index (χ2n) is 11.6. The largest absolute Gasteiger partial charge is 0.530 e. The van der Waals surface area contributed by atoms with Gasteiger partial charge in [-0.2, -0.15) is 0 Å². The lowest BCUT2D eigenvalue weighted by atomic mass is 10.0. The van der Waals surface area contributed by atoms with Gasteiger partial charge >= 0.3 is 7.82 Å². The molecule has 12 heteroatoms. The average molecular weight is 741 g/mol. The summed E-state index contributed by atoms with van der Waals surface area (Å²) in [6, 6.07) is 41.9. The lowest BCUT2D eigenvalue weighted by Crippen LogP contribution is -2.48. The fraction of sp³-hybridized carbons (Fsp3) is 0.200. The highest BCUT2D eigenvalue weighted by molar-refractivity contribution is 7.80. The van der Waals surface area contributed by atoms with Crippen LogP contribution in [0.5, 0.6) is 11.5 Å². The Hall–Kier alpha value is -5.03. The molecule has 3 N–H and O–H groups in total. The Morgan fingerprint density at radius 1 is 0.654 bits per heavy atom. The normalized spacial score (nSPS) is 11.6. The highest BCUT2D eigenvalue weighted by Gasteiger charge is 2.31. The number of carbonyl (C=O) groups is 1. The van der Waals surface area contributed by atoms with E-state index >= 15 is 0 Å². The molecule has 1 atom stereocenters. The number of benzene rings is 5. The minimum atomic E-state index is -4.23. The molecule has 5 rings (SSSR count). The van der Waals surface area contributed by atoms with Gasteiger partial charge in [0.25, 0.3) is 5.17 Å². The van der Waals surface area contributed by atoms with Crippen LogP contribution in [0.4, 0.5) is 0 Å². The van der Waals surface area contributed by atoms with Crippen LogP contribution in [0.25, 0.3) is 0 Å². The molecule has 0 saturated heterocycles. The first kappa shape index (κ1) is 38.2. The zero-order valence-corrected chi connectivity index (χ0v) is 30.2. The molecule has 0 aromatic heterocycles. The Morgan fingerprint density at radius 3 is 1.67 bits per heavy atom. The number of rotatable bonds is 19. The molecule has 0 spiro atoms. The topological polar surface area (TPSA) is 125 Å². The van der Waals surface area contributed by atoms with Crippen molar-refractivity contribution < 1.29 is 37.5 Å². The standard InChI is InChI=1S/C40H41N2O8PS/c43-24-23-41-39(44)36(42-40(52)47-28-32-15-7-2-8-16-32)25-35-21-22-37(38(26-35)46-27-31-13-5-1-6-14-31)50-51(45,48-29-33-17-9-3-10-18-33)49-30-34-19-11-4-12-20-34/h1-22,26,36,43H,23-25,27-30H2,(H,41,44)(H,42,52). The van der Waals surface area contributed by atoms with E-state index in [1.54, 1.807) is 18.2 Å². The summed E-state index contributed by atoms with van der Waals surface area (Å²) in [5.41, 5.74) is 4.06. The van der Waals surface area contributed by atoms with Crippen LogP contribution in [0, 0.1) is 0 Å². The van der Waals surface area contributed by atoms with E-state index in [0.29, 0.717) is 5.56 Å². The zero-order valence-electron chi connectivity index (χ0n) is 28.5. The van der Waals surface area contributed by atoms with Crippen molar-refractivity contribution in [2.45, 2.75) is 38.9 Å². The molecule has 270 valence electrons. The predicted octanol–water partition coefficient (Wildman–Crippen LogP) is 7.30. The van der Waals surface area contributed by atoms with E-state index in [1.807, 2.05) is 121 Å². The van der Waals surface area contributed by atoms with E-state index < -0.39 is 13.9 Å². The zero-order chi connectivity index (χ0) is 36.4. The fourth-order valence-electron chi connectivity index (χ4n) is 4.92. The maximum Gasteiger partial charge on any atom is 0.530 e. The lowest BCUT2D eigenvalue weighted by Gasteiger charge is -2.22. The molecule has 5 aromatic carbocycles. The minimum absolute atomic E-state index is 0.0201. The molecule has 0 aliphatic carbocycles. The van der Waals surface area contributed by atoms with Crippen LogP contribution in [-0.4, -0.2) is 35.4 Å². The average Bonchev–Trinajstić information content (AvgIpc) is 3.19. The number of hydrogen-bond donors (Lipinski definition) is 3. The summed E-state index contributed by atoms with van der Waals surface area (Å²) in [5, 5.41) is 15.1. The number of phosphoric acid groups is 1. The third-order valence-electron chi connectivity index (χ3n) is 7.59. The minimum Gasteiger partial charge on any atom is -0.485 e. The Morgan fingerprint density at radius 2 is 1.15 bits per heavy atom. The van der Waals surface area contributed by atoms with Gasteiger partial charge < -0.3 is 29.7 Å². The molecule has 0 saturated carbocycles. The third kappa shape index (κ3) is 12.6. The van der Waals surface area contributed by atoms with Gasteiger partial charge in [0, 0.05) is 13.0 Å². The monoisotopic (exact) mass is 740 g/mol. The molecule has 52 heavy (non-hydrogen) atoms. The molecular weight excluding hydrogens is 699 g/mol. The van der Waals surface area contributed by atoms with Gasteiger partial charge in [0.05, 0.1) is 19.8 Å². The SMILES string of the molecule is O=C(NCCO)C(Cc1ccc(OP(=O)(OCc2ccccc2)OCc2ccccc2)c(OCc2ccccc2)c1)NC(=S)OCc1ccccc1. The van der Waals surface area contributed by atoms with Crippen molar-refractivity contribution in [3.63, 3.8) is 0 Å². The van der Waals surface area contributed by atoms with E-state index in [0.717, 1.165) is 22.3 Å².